The van der Waals surface area contributed by atoms with Crippen molar-refractivity contribution in [2.75, 3.05) is 13.7 Å². The standard InChI is InChI=1S/C16H19NO6/c1-5-17-16(19)22-12(3)14-10-13(7-6-11(14)2)23-15(18)8-9-21-20-4/h6-7,10,12H,5H2,1-4H3,(H,17,19). The number of carbonyl (C=O) groups is 2. The molecule has 1 atom stereocenters. The number of esters is 1. The first-order valence-electron chi connectivity index (χ1n) is 6.95. The molecule has 1 unspecified atom stereocenters. The van der Waals surface area contributed by atoms with Crippen molar-refractivity contribution in [3.63, 3.8) is 0 Å². The summed E-state index contributed by atoms with van der Waals surface area (Å²) in [6.45, 7) is 5.87. The van der Waals surface area contributed by atoms with Crippen LogP contribution in [0.2, 0.25) is 0 Å². The zero-order chi connectivity index (χ0) is 17.2. The van der Waals surface area contributed by atoms with E-state index in [0.717, 1.165) is 11.1 Å². The third kappa shape index (κ3) is 6.28. The number of aryl methyl sites for hydroxylation is 1. The third-order valence-electron chi connectivity index (χ3n) is 2.78. The lowest BCUT2D eigenvalue weighted by Crippen LogP contribution is -2.25. The zero-order valence-corrected chi connectivity index (χ0v) is 13.5. The first kappa shape index (κ1) is 18.3. The second-order valence-corrected chi connectivity index (χ2v) is 4.46. The highest BCUT2D eigenvalue weighted by molar-refractivity contribution is 5.89. The highest BCUT2D eigenvalue weighted by Crippen LogP contribution is 2.25. The van der Waals surface area contributed by atoms with Gasteiger partial charge < -0.3 is 14.8 Å². The second-order valence-electron chi connectivity index (χ2n) is 4.46. The SMILES string of the molecule is CCNC(=O)OC(C)c1cc(OC(=O)C#COOC)ccc1C. The molecular formula is C16H19NO6. The van der Waals surface area contributed by atoms with E-state index in [1.807, 2.05) is 13.0 Å². The van der Waals surface area contributed by atoms with Gasteiger partial charge in [-0.25, -0.2) is 9.59 Å². The van der Waals surface area contributed by atoms with E-state index in [-0.39, 0.29) is 5.75 Å². The van der Waals surface area contributed by atoms with Gasteiger partial charge in [-0.15, -0.1) is 0 Å². The Bertz CT molecular complexity index is 617. The van der Waals surface area contributed by atoms with Crippen LogP contribution in [0.1, 0.15) is 31.1 Å². The number of amides is 1. The Labute approximate surface area is 134 Å². The van der Waals surface area contributed by atoms with E-state index < -0.39 is 18.2 Å². The Morgan fingerprint density at radius 1 is 1.35 bits per heavy atom. The zero-order valence-electron chi connectivity index (χ0n) is 13.5. The summed E-state index contributed by atoms with van der Waals surface area (Å²) in [7, 11) is 1.27. The van der Waals surface area contributed by atoms with E-state index in [1.165, 1.54) is 7.11 Å². The van der Waals surface area contributed by atoms with Gasteiger partial charge in [0, 0.05) is 6.54 Å². The largest absolute Gasteiger partial charge is 0.442 e. The van der Waals surface area contributed by atoms with Crippen LogP contribution < -0.4 is 10.1 Å². The molecule has 1 amide bonds. The Morgan fingerprint density at radius 2 is 2.09 bits per heavy atom. The number of ether oxygens (including phenoxy) is 2. The van der Waals surface area contributed by atoms with Crippen LogP contribution in [0.15, 0.2) is 18.2 Å². The Hall–Kier alpha value is -2.72. The minimum atomic E-state index is -0.797. The van der Waals surface area contributed by atoms with Crippen LogP contribution in [0.5, 0.6) is 5.75 Å². The molecule has 1 N–H and O–H groups in total. The van der Waals surface area contributed by atoms with Gasteiger partial charge in [0.15, 0.2) is 6.11 Å². The van der Waals surface area contributed by atoms with Crippen molar-refractivity contribution < 1.29 is 28.8 Å². The summed E-state index contributed by atoms with van der Waals surface area (Å²) in [5.41, 5.74) is 1.62. The van der Waals surface area contributed by atoms with Crippen LogP contribution in [-0.4, -0.2) is 25.7 Å². The first-order chi connectivity index (χ1) is 11.0. The van der Waals surface area contributed by atoms with Crippen molar-refractivity contribution in [3.05, 3.63) is 29.3 Å². The van der Waals surface area contributed by atoms with Gasteiger partial charge in [0.2, 0.25) is 0 Å². The van der Waals surface area contributed by atoms with Crippen LogP contribution >= 0.6 is 0 Å². The van der Waals surface area contributed by atoms with Crippen LogP contribution in [0.25, 0.3) is 0 Å². The average molecular weight is 321 g/mol. The molecule has 0 bridgehead atoms. The fourth-order valence-corrected chi connectivity index (χ4v) is 1.77. The van der Waals surface area contributed by atoms with Crippen molar-refractivity contribution >= 4 is 12.1 Å². The van der Waals surface area contributed by atoms with Gasteiger partial charge in [-0.05, 0) is 44.0 Å². The molecule has 23 heavy (non-hydrogen) atoms. The number of hydrogen-bond acceptors (Lipinski definition) is 6. The summed E-state index contributed by atoms with van der Waals surface area (Å²) in [6.07, 6.45) is 1.01. The minimum Gasteiger partial charge on any atom is -0.442 e. The molecule has 0 radical (unpaired) electrons. The summed E-state index contributed by atoms with van der Waals surface area (Å²) < 4.78 is 10.3. The maximum Gasteiger partial charge on any atom is 0.407 e. The molecule has 0 aliphatic rings. The van der Waals surface area contributed by atoms with E-state index in [2.05, 4.69) is 21.0 Å². The molecule has 0 saturated carbocycles. The van der Waals surface area contributed by atoms with E-state index in [9.17, 15) is 9.59 Å². The maximum atomic E-state index is 11.5. The third-order valence-corrected chi connectivity index (χ3v) is 2.78. The normalized spacial score (nSPS) is 10.8. The van der Waals surface area contributed by atoms with Crippen molar-refractivity contribution in [2.45, 2.75) is 26.9 Å². The van der Waals surface area contributed by atoms with Crippen molar-refractivity contribution in [1.29, 1.82) is 0 Å². The van der Waals surface area contributed by atoms with Crippen molar-refractivity contribution in [3.8, 4) is 17.8 Å². The van der Waals surface area contributed by atoms with Crippen molar-refractivity contribution in [1.82, 2.24) is 5.32 Å². The number of alkyl carbamates (subject to hydrolysis) is 1. The number of carbonyl (C=O) groups excluding carboxylic acids is 2. The summed E-state index contributed by atoms with van der Waals surface area (Å²) >= 11 is 0. The van der Waals surface area contributed by atoms with Gasteiger partial charge in [0.05, 0.1) is 13.0 Å². The topological polar surface area (TPSA) is 83.1 Å². The second kappa shape index (κ2) is 9.33. The smallest absolute Gasteiger partial charge is 0.407 e. The lowest BCUT2D eigenvalue weighted by atomic mass is 10.0. The predicted molar refractivity (Wildman–Crippen MR) is 81.3 cm³/mol. The summed E-state index contributed by atoms with van der Waals surface area (Å²) in [5, 5.41) is 2.55. The van der Waals surface area contributed by atoms with Gasteiger partial charge in [0.1, 0.15) is 11.9 Å². The van der Waals surface area contributed by atoms with Gasteiger partial charge in [-0.3, -0.25) is 4.89 Å². The molecule has 0 aromatic heterocycles. The van der Waals surface area contributed by atoms with Crippen LogP contribution in [0.4, 0.5) is 4.79 Å². The number of rotatable bonds is 5. The summed E-state index contributed by atoms with van der Waals surface area (Å²) in [6, 6.07) is 5.00. The minimum absolute atomic E-state index is 0.286. The Balaban J connectivity index is 2.81. The van der Waals surface area contributed by atoms with Crippen LogP contribution in [0, 0.1) is 19.0 Å². The van der Waals surface area contributed by atoms with E-state index in [1.54, 1.807) is 32.0 Å². The van der Waals surface area contributed by atoms with Gasteiger partial charge >= 0.3 is 12.1 Å². The molecule has 124 valence electrons. The molecule has 0 heterocycles. The molecule has 0 spiro atoms. The Kier molecular flexibility index (Phi) is 7.43. The van der Waals surface area contributed by atoms with Crippen LogP contribution in [-0.2, 0) is 19.3 Å². The fraction of sp³-hybridized carbons (Fsp3) is 0.375. The highest BCUT2D eigenvalue weighted by Gasteiger charge is 2.15. The lowest BCUT2D eigenvalue weighted by molar-refractivity contribution is -0.209. The molecule has 7 nitrogen and oxygen atoms in total. The number of hydrogen-bond donors (Lipinski definition) is 1. The molecule has 0 aliphatic heterocycles. The molecule has 1 rings (SSSR count). The maximum absolute atomic E-state index is 11.5. The van der Waals surface area contributed by atoms with Crippen LogP contribution in [0.3, 0.4) is 0 Å². The lowest BCUT2D eigenvalue weighted by Gasteiger charge is -2.16. The van der Waals surface area contributed by atoms with E-state index >= 15 is 0 Å². The van der Waals surface area contributed by atoms with E-state index in [4.69, 9.17) is 9.47 Å². The van der Waals surface area contributed by atoms with Gasteiger partial charge in [0.25, 0.3) is 0 Å². The summed E-state index contributed by atoms with van der Waals surface area (Å²) in [5.74, 6) is 1.58. The Morgan fingerprint density at radius 3 is 2.74 bits per heavy atom. The molecular weight excluding hydrogens is 302 g/mol. The molecule has 1 aromatic rings. The quantitative estimate of drug-likeness (QED) is 0.294. The first-order valence-corrected chi connectivity index (χ1v) is 6.95. The summed E-state index contributed by atoms with van der Waals surface area (Å²) in [4.78, 5) is 31.5. The van der Waals surface area contributed by atoms with E-state index in [0.29, 0.717) is 6.54 Å². The molecule has 0 saturated heterocycles. The predicted octanol–water partition coefficient (Wildman–Crippen LogP) is 2.25. The number of benzene rings is 1. The molecule has 0 aliphatic carbocycles. The van der Waals surface area contributed by atoms with Crippen molar-refractivity contribution in [2.24, 2.45) is 0 Å². The average Bonchev–Trinajstić information content (AvgIpc) is 2.49. The van der Waals surface area contributed by atoms with Gasteiger partial charge in [-0.1, -0.05) is 6.07 Å². The molecule has 0 fully saturated rings. The molecule has 1 aromatic carbocycles. The van der Waals surface area contributed by atoms with Gasteiger partial charge in [-0.2, -0.15) is 4.89 Å². The monoisotopic (exact) mass is 321 g/mol. The highest BCUT2D eigenvalue weighted by atomic mass is 17.2. The molecule has 7 heteroatoms. The number of nitrogens with one attached hydrogen (secondary N) is 1. The fourth-order valence-electron chi connectivity index (χ4n) is 1.77.